The van der Waals surface area contributed by atoms with Gasteiger partial charge in [0.1, 0.15) is 11.6 Å². The van der Waals surface area contributed by atoms with Gasteiger partial charge in [0.15, 0.2) is 11.4 Å². The zero-order valence-electron chi connectivity index (χ0n) is 15.1. The van der Waals surface area contributed by atoms with Crippen molar-refractivity contribution in [3.8, 4) is 0 Å². The number of urea groups is 1. The Kier molecular flexibility index (Phi) is 6.84. The molecule has 27 heavy (non-hydrogen) atoms. The van der Waals surface area contributed by atoms with Gasteiger partial charge >= 0.3 is 6.03 Å². The number of hydrogen-bond donors (Lipinski definition) is 3. The maximum atomic E-state index is 13.8. The van der Waals surface area contributed by atoms with Gasteiger partial charge in [-0.1, -0.05) is 6.07 Å². The molecule has 0 atom stereocenters. The predicted octanol–water partition coefficient (Wildman–Crippen LogP) is -0.912. The van der Waals surface area contributed by atoms with Crippen LogP contribution in [0.25, 0.3) is 0 Å². The summed E-state index contributed by atoms with van der Waals surface area (Å²) in [5.74, 6) is -2.76. The number of halogens is 2. The summed E-state index contributed by atoms with van der Waals surface area (Å²) < 4.78 is 53.7. The lowest BCUT2D eigenvalue weighted by atomic mass is 10.3. The van der Waals surface area contributed by atoms with Gasteiger partial charge in [-0.2, -0.15) is 4.31 Å². The van der Waals surface area contributed by atoms with E-state index in [1.165, 1.54) is 0 Å². The monoisotopic (exact) mass is 405 g/mol. The van der Waals surface area contributed by atoms with E-state index in [9.17, 15) is 26.8 Å². The SMILES string of the molecule is CC(C)NC(=O)NC(=O)C[NH+]1CCN(S(=O)(=O)c2c(F)cccc2F)CC1. The van der Waals surface area contributed by atoms with Crippen LogP contribution < -0.4 is 15.5 Å². The molecule has 0 unspecified atom stereocenters. The van der Waals surface area contributed by atoms with E-state index in [4.69, 9.17) is 0 Å². The van der Waals surface area contributed by atoms with E-state index >= 15 is 0 Å². The van der Waals surface area contributed by atoms with Crippen LogP contribution in [-0.4, -0.2) is 63.4 Å². The average Bonchev–Trinajstić information content (AvgIpc) is 2.53. The Bertz CT molecular complexity index is 788. The highest BCUT2D eigenvalue weighted by molar-refractivity contribution is 7.89. The molecular weight excluding hydrogens is 382 g/mol. The summed E-state index contributed by atoms with van der Waals surface area (Å²) in [7, 11) is -4.30. The molecular formula is C16H23F2N4O4S+. The van der Waals surface area contributed by atoms with Gasteiger partial charge in [-0.15, -0.1) is 0 Å². The fourth-order valence-electron chi connectivity index (χ4n) is 2.77. The molecule has 3 N–H and O–H groups in total. The molecule has 2 rings (SSSR count). The minimum absolute atomic E-state index is 0.00649. The molecule has 0 bridgehead atoms. The standard InChI is InChI=1S/C16H22F2N4O4S/c1-11(2)19-16(24)20-14(23)10-21-6-8-22(9-7-21)27(25,26)15-12(17)4-3-5-13(15)18/h3-5,11H,6-10H2,1-2H3,(H2,19,20,23,24)/p+1. The van der Waals surface area contributed by atoms with Gasteiger partial charge in [0.2, 0.25) is 10.0 Å². The van der Waals surface area contributed by atoms with Crippen molar-refractivity contribution in [2.24, 2.45) is 0 Å². The number of nitrogens with zero attached hydrogens (tertiary/aromatic N) is 1. The molecule has 0 radical (unpaired) electrons. The molecule has 0 saturated carbocycles. The summed E-state index contributed by atoms with van der Waals surface area (Å²) in [5, 5.41) is 4.73. The number of imide groups is 1. The molecule has 150 valence electrons. The van der Waals surface area contributed by atoms with E-state index in [1.807, 2.05) is 0 Å². The fourth-order valence-corrected chi connectivity index (χ4v) is 4.32. The molecule has 0 spiro atoms. The largest absolute Gasteiger partial charge is 0.336 e. The molecule has 1 aliphatic rings. The van der Waals surface area contributed by atoms with Crippen LogP contribution in [-0.2, 0) is 14.8 Å². The Morgan fingerprint density at radius 3 is 2.26 bits per heavy atom. The molecule has 1 heterocycles. The summed E-state index contributed by atoms with van der Waals surface area (Å²) in [5.41, 5.74) is 0. The number of quaternary nitrogens is 1. The maximum Gasteiger partial charge on any atom is 0.321 e. The smallest absolute Gasteiger partial charge is 0.321 e. The number of sulfonamides is 1. The minimum atomic E-state index is -4.30. The van der Waals surface area contributed by atoms with E-state index < -0.39 is 38.5 Å². The number of piperazine rings is 1. The molecule has 1 aromatic rings. The lowest BCUT2D eigenvalue weighted by Crippen LogP contribution is -3.15. The molecule has 1 fully saturated rings. The van der Waals surface area contributed by atoms with E-state index in [0.717, 1.165) is 27.4 Å². The van der Waals surface area contributed by atoms with E-state index in [1.54, 1.807) is 13.8 Å². The minimum Gasteiger partial charge on any atom is -0.336 e. The second-order valence-corrected chi connectivity index (χ2v) is 8.43. The van der Waals surface area contributed by atoms with Crippen molar-refractivity contribution in [2.75, 3.05) is 32.7 Å². The Hall–Kier alpha value is -2.11. The highest BCUT2D eigenvalue weighted by Gasteiger charge is 2.34. The third kappa shape index (κ3) is 5.44. The fraction of sp³-hybridized carbons (Fsp3) is 0.500. The van der Waals surface area contributed by atoms with Crippen molar-refractivity contribution in [3.05, 3.63) is 29.8 Å². The summed E-state index contributed by atoms with van der Waals surface area (Å²) in [6.07, 6.45) is 0. The van der Waals surface area contributed by atoms with Crippen molar-refractivity contribution in [3.63, 3.8) is 0 Å². The number of amides is 3. The quantitative estimate of drug-likeness (QED) is 0.591. The molecule has 0 aliphatic carbocycles. The molecule has 0 aromatic heterocycles. The number of rotatable bonds is 5. The van der Waals surface area contributed by atoms with Gasteiger partial charge in [-0.05, 0) is 26.0 Å². The van der Waals surface area contributed by atoms with E-state index in [-0.39, 0.29) is 38.8 Å². The summed E-state index contributed by atoms with van der Waals surface area (Å²) in [4.78, 5) is 23.2. The Labute approximate surface area is 156 Å². The van der Waals surface area contributed by atoms with Crippen LogP contribution in [0.4, 0.5) is 13.6 Å². The van der Waals surface area contributed by atoms with Gasteiger partial charge in [0.25, 0.3) is 5.91 Å². The number of nitrogens with one attached hydrogen (secondary N) is 3. The number of benzene rings is 1. The number of hydrogen-bond acceptors (Lipinski definition) is 4. The molecule has 1 aromatic carbocycles. The Morgan fingerprint density at radius 1 is 1.19 bits per heavy atom. The predicted molar refractivity (Wildman–Crippen MR) is 92.5 cm³/mol. The van der Waals surface area contributed by atoms with Crippen molar-refractivity contribution in [1.29, 1.82) is 0 Å². The first-order chi connectivity index (χ1) is 12.6. The third-order valence-electron chi connectivity index (χ3n) is 4.03. The zero-order valence-corrected chi connectivity index (χ0v) is 15.9. The summed E-state index contributed by atoms with van der Waals surface area (Å²) in [6, 6.07) is 2.18. The van der Waals surface area contributed by atoms with E-state index in [0.29, 0.717) is 0 Å². The second kappa shape index (κ2) is 8.72. The van der Waals surface area contributed by atoms with Crippen molar-refractivity contribution >= 4 is 22.0 Å². The second-order valence-electron chi connectivity index (χ2n) is 6.56. The van der Waals surface area contributed by atoms with Crippen LogP contribution in [0, 0.1) is 11.6 Å². The van der Waals surface area contributed by atoms with Gasteiger partial charge in [0.05, 0.1) is 26.2 Å². The van der Waals surface area contributed by atoms with Crippen LogP contribution in [0.3, 0.4) is 0 Å². The van der Waals surface area contributed by atoms with Gasteiger partial charge in [0, 0.05) is 6.04 Å². The Morgan fingerprint density at radius 2 is 1.74 bits per heavy atom. The lowest BCUT2D eigenvalue weighted by molar-refractivity contribution is -0.895. The highest BCUT2D eigenvalue weighted by atomic mass is 32.2. The number of carbonyl (C=O) groups is 2. The summed E-state index contributed by atoms with van der Waals surface area (Å²) in [6.45, 7) is 4.07. The van der Waals surface area contributed by atoms with Crippen molar-refractivity contribution in [2.45, 2.75) is 24.8 Å². The van der Waals surface area contributed by atoms with Crippen molar-refractivity contribution in [1.82, 2.24) is 14.9 Å². The summed E-state index contributed by atoms with van der Waals surface area (Å²) >= 11 is 0. The molecule has 8 nitrogen and oxygen atoms in total. The third-order valence-corrected chi connectivity index (χ3v) is 5.98. The van der Waals surface area contributed by atoms with Crippen LogP contribution >= 0.6 is 0 Å². The maximum absolute atomic E-state index is 13.8. The molecule has 3 amide bonds. The molecule has 11 heteroatoms. The highest BCUT2D eigenvalue weighted by Crippen LogP contribution is 2.22. The van der Waals surface area contributed by atoms with Gasteiger partial charge in [-0.3, -0.25) is 10.1 Å². The van der Waals surface area contributed by atoms with Gasteiger partial charge < -0.3 is 10.2 Å². The van der Waals surface area contributed by atoms with Crippen LogP contribution in [0.1, 0.15) is 13.8 Å². The zero-order chi connectivity index (χ0) is 20.2. The first-order valence-electron chi connectivity index (χ1n) is 8.49. The normalized spacial score (nSPS) is 16.3. The molecule has 1 saturated heterocycles. The van der Waals surface area contributed by atoms with E-state index in [2.05, 4.69) is 10.6 Å². The van der Waals surface area contributed by atoms with Crippen LogP contribution in [0.15, 0.2) is 23.1 Å². The van der Waals surface area contributed by atoms with Crippen LogP contribution in [0.5, 0.6) is 0 Å². The lowest BCUT2D eigenvalue weighted by Gasteiger charge is -2.31. The molecule has 1 aliphatic heterocycles. The Balaban J connectivity index is 1.93. The first kappa shape index (κ1) is 21.2. The average molecular weight is 405 g/mol. The van der Waals surface area contributed by atoms with Crippen molar-refractivity contribution < 1.29 is 31.7 Å². The van der Waals surface area contributed by atoms with Gasteiger partial charge in [-0.25, -0.2) is 22.0 Å². The number of carbonyl (C=O) groups excluding carboxylic acids is 2. The van der Waals surface area contributed by atoms with Crippen LogP contribution in [0.2, 0.25) is 0 Å². The topological polar surface area (TPSA) is 100 Å². The first-order valence-corrected chi connectivity index (χ1v) is 9.93.